The maximum atomic E-state index is 12.8. The smallest absolute Gasteiger partial charge is 0.233 e. The van der Waals surface area contributed by atoms with Gasteiger partial charge in [0.05, 0.1) is 17.6 Å². The largest absolute Gasteiger partial charge is 0.339 e. The minimum Gasteiger partial charge on any atom is -0.339 e. The highest BCUT2D eigenvalue weighted by Gasteiger charge is 2.35. The Kier molecular flexibility index (Phi) is 5.11. The number of carbonyl (C=O) groups is 1. The van der Waals surface area contributed by atoms with Gasteiger partial charge in [0.25, 0.3) is 0 Å². The van der Waals surface area contributed by atoms with Crippen molar-refractivity contribution >= 4 is 17.7 Å². The fraction of sp³-hybridized carbons (Fsp3) is 0.500. The Morgan fingerprint density at radius 1 is 1.16 bits per heavy atom. The molecule has 0 spiro atoms. The summed E-state index contributed by atoms with van der Waals surface area (Å²) < 4.78 is 0. The maximum absolute atomic E-state index is 12.8. The number of aromatic nitrogens is 2. The third-order valence-electron chi connectivity index (χ3n) is 5.53. The van der Waals surface area contributed by atoms with E-state index in [1.807, 2.05) is 24.4 Å². The molecule has 1 N–H and O–H groups in total. The van der Waals surface area contributed by atoms with Crippen molar-refractivity contribution in [3.63, 3.8) is 0 Å². The molecule has 1 amide bonds. The zero-order valence-electron chi connectivity index (χ0n) is 14.5. The lowest BCUT2D eigenvalue weighted by Gasteiger charge is -2.44. The molecule has 2 atom stereocenters. The number of fused-ring (bicyclic) bond motifs is 1. The Bertz CT molecular complexity index is 713. The van der Waals surface area contributed by atoms with Gasteiger partial charge in [0.2, 0.25) is 5.91 Å². The second kappa shape index (κ2) is 7.65. The SMILES string of the molecule is O=C(CSc1ncc(-c2ccccc2)[nH]1)N1CCCC2CCCCC21. The molecular weight excluding hydrogens is 330 g/mol. The normalized spacial score (nSPS) is 23.3. The third kappa shape index (κ3) is 3.76. The molecule has 2 aliphatic rings. The molecule has 1 saturated carbocycles. The van der Waals surface area contributed by atoms with Crippen LogP contribution in [0.1, 0.15) is 38.5 Å². The van der Waals surface area contributed by atoms with Gasteiger partial charge in [0.1, 0.15) is 0 Å². The summed E-state index contributed by atoms with van der Waals surface area (Å²) in [6.45, 7) is 0.938. The van der Waals surface area contributed by atoms with E-state index in [2.05, 4.69) is 27.0 Å². The molecular formula is C20H25N3OS. The van der Waals surface area contributed by atoms with Crippen LogP contribution in [0.25, 0.3) is 11.3 Å². The quantitative estimate of drug-likeness (QED) is 0.830. The number of nitrogens with one attached hydrogen (secondary N) is 1. The molecule has 1 aromatic heterocycles. The summed E-state index contributed by atoms with van der Waals surface area (Å²) in [6.07, 6.45) is 9.43. The lowest BCUT2D eigenvalue weighted by atomic mass is 9.78. The van der Waals surface area contributed by atoms with Crippen molar-refractivity contribution < 1.29 is 4.79 Å². The summed E-state index contributed by atoms with van der Waals surface area (Å²) in [7, 11) is 0. The van der Waals surface area contributed by atoms with E-state index in [1.54, 1.807) is 0 Å². The van der Waals surface area contributed by atoms with Crippen LogP contribution in [0, 0.1) is 5.92 Å². The van der Waals surface area contributed by atoms with E-state index in [9.17, 15) is 4.79 Å². The molecule has 4 nitrogen and oxygen atoms in total. The van der Waals surface area contributed by atoms with Gasteiger partial charge in [0.15, 0.2) is 5.16 Å². The molecule has 1 aliphatic heterocycles. The molecule has 5 heteroatoms. The number of benzene rings is 1. The number of nitrogens with zero attached hydrogens (tertiary/aromatic N) is 2. The topological polar surface area (TPSA) is 49.0 Å². The monoisotopic (exact) mass is 355 g/mol. The molecule has 2 fully saturated rings. The first kappa shape index (κ1) is 16.7. The minimum absolute atomic E-state index is 0.277. The van der Waals surface area contributed by atoms with Crippen LogP contribution in [0.3, 0.4) is 0 Å². The van der Waals surface area contributed by atoms with Crippen molar-refractivity contribution in [2.45, 2.75) is 49.7 Å². The van der Waals surface area contributed by atoms with E-state index in [-0.39, 0.29) is 5.91 Å². The standard InChI is InChI=1S/C20H25N3OS/c24-19(23-12-6-10-16-9-4-5-11-18(16)23)14-25-20-21-13-17(22-20)15-7-2-1-3-8-15/h1-3,7-8,13,16,18H,4-6,9-12,14H2,(H,21,22). The van der Waals surface area contributed by atoms with Crippen LogP contribution in [0.2, 0.25) is 0 Å². The van der Waals surface area contributed by atoms with Crippen LogP contribution >= 0.6 is 11.8 Å². The Morgan fingerprint density at radius 2 is 1.96 bits per heavy atom. The van der Waals surface area contributed by atoms with Gasteiger partial charge in [-0.3, -0.25) is 4.79 Å². The van der Waals surface area contributed by atoms with Crippen molar-refractivity contribution in [3.05, 3.63) is 36.5 Å². The highest BCUT2D eigenvalue weighted by molar-refractivity contribution is 7.99. The second-order valence-electron chi connectivity index (χ2n) is 7.10. The van der Waals surface area contributed by atoms with Gasteiger partial charge in [0, 0.05) is 12.6 Å². The number of hydrogen-bond acceptors (Lipinski definition) is 3. The number of rotatable bonds is 4. The lowest BCUT2D eigenvalue weighted by Crippen LogP contribution is -2.50. The van der Waals surface area contributed by atoms with Crippen molar-refractivity contribution in [1.82, 2.24) is 14.9 Å². The van der Waals surface area contributed by atoms with Crippen LogP contribution < -0.4 is 0 Å². The number of carbonyl (C=O) groups excluding carboxylic acids is 1. The van der Waals surface area contributed by atoms with E-state index in [1.165, 1.54) is 43.9 Å². The van der Waals surface area contributed by atoms with E-state index in [4.69, 9.17) is 0 Å². The highest BCUT2D eigenvalue weighted by atomic mass is 32.2. The average Bonchev–Trinajstić information content (AvgIpc) is 3.15. The number of likely N-dealkylation sites (tertiary alicyclic amines) is 1. The number of hydrogen-bond donors (Lipinski definition) is 1. The number of amides is 1. The second-order valence-corrected chi connectivity index (χ2v) is 8.06. The van der Waals surface area contributed by atoms with Gasteiger partial charge in [-0.2, -0.15) is 0 Å². The molecule has 1 saturated heterocycles. The summed E-state index contributed by atoms with van der Waals surface area (Å²) in [5, 5.41) is 0.824. The molecule has 0 bridgehead atoms. The summed E-state index contributed by atoms with van der Waals surface area (Å²) >= 11 is 1.52. The summed E-state index contributed by atoms with van der Waals surface area (Å²) in [5.41, 5.74) is 2.12. The fourth-order valence-corrected chi connectivity index (χ4v) is 5.02. The molecule has 25 heavy (non-hydrogen) atoms. The van der Waals surface area contributed by atoms with Gasteiger partial charge < -0.3 is 9.88 Å². The van der Waals surface area contributed by atoms with Crippen LogP contribution in [-0.4, -0.2) is 39.1 Å². The van der Waals surface area contributed by atoms with Crippen molar-refractivity contribution in [2.75, 3.05) is 12.3 Å². The van der Waals surface area contributed by atoms with Crippen LogP contribution in [-0.2, 0) is 4.79 Å². The molecule has 2 aromatic rings. The summed E-state index contributed by atoms with van der Waals surface area (Å²) in [5.74, 6) is 1.49. The molecule has 132 valence electrons. The first-order chi connectivity index (χ1) is 12.3. The minimum atomic E-state index is 0.277. The van der Waals surface area contributed by atoms with Crippen molar-refractivity contribution in [3.8, 4) is 11.3 Å². The van der Waals surface area contributed by atoms with Crippen molar-refractivity contribution in [1.29, 1.82) is 0 Å². The van der Waals surface area contributed by atoms with Crippen molar-refractivity contribution in [2.24, 2.45) is 5.92 Å². The van der Waals surface area contributed by atoms with E-state index < -0.39 is 0 Å². The highest BCUT2D eigenvalue weighted by Crippen LogP contribution is 2.35. The van der Waals surface area contributed by atoms with Crippen LogP contribution in [0.15, 0.2) is 41.7 Å². The van der Waals surface area contributed by atoms with Gasteiger partial charge in [-0.05, 0) is 37.2 Å². The number of imidazole rings is 1. The van der Waals surface area contributed by atoms with Gasteiger partial charge in [-0.15, -0.1) is 0 Å². The van der Waals surface area contributed by atoms with Gasteiger partial charge in [-0.1, -0.05) is 54.9 Å². The van der Waals surface area contributed by atoms with E-state index in [0.717, 1.165) is 35.3 Å². The third-order valence-corrected chi connectivity index (χ3v) is 6.41. The zero-order valence-corrected chi connectivity index (χ0v) is 15.3. The number of piperidine rings is 1. The predicted molar refractivity (Wildman–Crippen MR) is 101 cm³/mol. The molecule has 2 heterocycles. The number of thioether (sulfide) groups is 1. The first-order valence-corrected chi connectivity index (χ1v) is 10.3. The number of H-pyrrole nitrogens is 1. The summed E-state index contributed by atoms with van der Waals surface area (Å²) in [6, 6.07) is 10.7. The molecule has 0 radical (unpaired) electrons. The van der Waals surface area contributed by atoms with Crippen LogP contribution in [0.4, 0.5) is 0 Å². The van der Waals surface area contributed by atoms with E-state index >= 15 is 0 Å². The van der Waals surface area contributed by atoms with Gasteiger partial charge >= 0.3 is 0 Å². The number of aromatic amines is 1. The maximum Gasteiger partial charge on any atom is 0.233 e. The van der Waals surface area contributed by atoms with Crippen LogP contribution in [0.5, 0.6) is 0 Å². The Hall–Kier alpha value is -1.75. The summed E-state index contributed by atoms with van der Waals surface area (Å²) in [4.78, 5) is 22.7. The fourth-order valence-electron chi connectivity index (χ4n) is 4.29. The van der Waals surface area contributed by atoms with Gasteiger partial charge in [-0.25, -0.2) is 4.98 Å². The predicted octanol–water partition coefficient (Wildman–Crippen LogP) is 4.35. The molecule has 2 unspecified atom stereocenters. The lowest BCUT2D eigenvalue weighted by molar-refractivity contribution is -0.134. The molecule has 1 aromatic carbocycles. The Balaban J connectivity index is 1.36. The zero-order chi connectivity index (χ0) is 17.1. The average molecular weight is 356 g/mol. The first-order valence-electron chi connectivity index (χ1n) is 9.34. The Morgan fingerprint density at radius 3 is 2.84 bits per heavy atom. The Labute approximate surface area is 153 Å². The molecule has 1 aliphatic carbocycles. The van der Waals surface area contributed by atoms with E-state index in [0.29, 0.717) is 11.8 Å². The molecule has 4 rings (SSSR count).